The number of aromatic nitrogens is 2. The van der Waals surface area contributed by atoms with E-state index in [1.54, 1.807) is 0 Å². The molecular formula is C96H79BN4. The summed E-state index contributed by atoms with van der Waals surface area (Å²) >= 11 is 0. The number of rotatable bonds is 2. The lowest BCUT2D eigenvalue weighted by Gasteiger charge is -2.46. The Morgan fingerprint density at radius 3 is 1.00 bits per heavy atom. The van der Waals surface area contributed by atoms with Gasteiger partial charge in [0.05, 0.1) is 50.3 Å². The Labute approximate surface area is 592 Å². The van der Waals surface area contributed by atoms with Crippen LogP contribution in [0.2, 0.25) is 0 Å². The van der Waals surface area contributed by atoms with E-state index in [1.807, 2.05) is 0 Å². The molecule has 101 heavy (non-hydrogen) atoms. The molecule has 6 heterocycles. The van der Waals surface area contributed by atoms with Crippen molar-refractivity contribution in [1.29, 1.82) is 0 Å². The van der Waals surface area contributed by atoms with Crippen molar-refractivity contribution in [2.75, 3.05) is 9.80 Å². The van der Waals surface area contributed by atoms with Crippen LogP contribution in [-0.4, -0.2) is 15.8 Å². The molecule has 5 heteroatoms. The van der Waals surface area contributed by atoms with Gasteiger partial charge in [0.2, 0.25) is 0 Å². The molecule has 15 aromatic rings. The minimum Gasteiger partial charge on any atom is -0.310 e. The van der Waals surface area contributed by atoms with E-state index in [-0.39, 0.29) is 28.4 Å². The van der Waals surface area contributed by atoms with Gasteiger partial charge in [0.25, 0.3) is 6.71 Å². The van der Waals surface area contributed by atoms with E-state index >= 15 is 0 Å². The molecule has 0 atom stereocenters. The molecule has 0 saturated heterocycles. The summed E-state index contributed by atoms with van der Waals surface area (Å²) in [6.45, 7) is 28.5. The van der Waals surface area contributed by atoms with Crippen LogP contribution in [0.4, 0.5) is 34.1 Å². The second kappa shape index (κ2) is 19.6. The van der Waals surface area contributed by atoms with Gasteiger partial charge >= 0.3 is 0 Å². The molecule has 2 aromatic heterocycles. The zero-order chi connectivity index (χ0) is 68.5. The number of para-hydroxylation sites is 5. The van der Waals surface area contributed by atoms with Crippen LogP contribution in [-0.2, 0) is 32.5 Å². The molecule has 2 aliphatic carbocycles. The van der Waals surface area contributed by atoms with E-state index in [2.05, 4.69) is 363 Å². The van der Waals surface area contributed by atoms with Gasteiger partial charge in [0.1, 0.15) is 0 Å². The molecule has 0 radical (unpaired) electrons. The van der Waals surface area contributed by atoms with Crippen molar-refractivity contribution < 1.29 is 0 Å². The molecule has 0 unspecified atom stereocenters. The second-order valence-corrected chi connectivity index (χ2v) is 34.0. The first-order valence-electron chi connectivity index (χ1n) is 36.5. The number of anilines is 6. The van der Waals surface area contributed by atoms with Gasteiger partial charge in [-0.05, 0) is 218 Å². The van der Waals surface area contributed by atoms with Crippen molar-refractivity contribution in [1.82, 2.24) is 9.13 Å². The minimum atomic E-state index is -0.730. The van der Waals surface area contributed by atoms with Crippen molar-refractivity contribution in [2.24, 2.45) is 0 Å². The number of fused-ring (bicyclic) bond motifs is 28. The second-order valence-electron chi connectivity index (χ2n) is 34.0. The number of nitrogens with zero attached hydrogens (tertiary/aromatic N) is 4. The van der Waals surface area contributed by atoms with E-state index in [4.69, 9.17) is 0 Å². The molecule has 21 rings (SSSR count). The quantitative estimate of drug-likeness (QED) is 0.160. The predicted molar refractivity (Wildman–Crippen MR) is 426 cm³/mol. The zero-order valence-electron chi connectivity index (χ0n) is 59.7. The van der Waals surface area contributed by atoms with Crippen molar-refractivity contribution in [3.8, 4) is 33.6 Å². The average molecular weight is 1300 g/mol. The molecular weight excluding hydrogens is 1220 g/mol. The van der Waals surface area contributed by atoms with Crippen LogP contribution in [0, 0.1) is 0 Å². The Balaban J connectivity index is 0.868. The van der Waals surface area contributed by atoms with Gasteiger partial charge in [-0.15, -0.1) is 0 Å². The first kappa shape index (κ1) is 59.0. The van der Waals surface area contributed by atoms with Crippen LogP contribution in [0.1, 0.15) is 150 Å². The third-order valence-electron chi connectivity index (χ3n) is 24.4. The normalized spacial score (nSPS) is 15.2. The van der Waals surface area contributed by atoms with E-state index in [1.165, 1.54) is 183 Å². The Bertz CT molecular complexity index is 5950. The summed E-state index contributed by atoms with van der Waals surface area (Å²) in [5, 5.41) is 5.28. The van der Waals surface area contributed by atoms with E-state index in [0.717, 1.165) is 11.4 Å². The summed E-state index contributed by atoms with van der Waals surface area (Å²) < 4.78 is 5.41. The summed E-state index contributed by atoms with van der Waals surface area (Å²) in [6, 6.07) is 103. The van der Waals surface area contributed by atoms with Crippen LogP contribution in [0.15, 0.2) is 261 Å². The van der Waals surface area contributed by atoms with Gasteiger partial charge in [-0.25, -0.2) is 0 Å². The third-order valence-corrected chi connectivity index (χ3v) is 24.4. The van der Waals surface area contributed by atoms with Gasteiger partial charge in [0.15, 0.2) is 0 Å². The maximum Gasteiger partial charge on any atom is 0.252 e. The molecule has 0 bridgehead atoms. The fraction of sp³-hybridized carbons (Fsp3) is 0.188. The van der Waals surface area contributed by atoms with Gasteiger partial charge in [0, 0.05) is 49.6 Å². The SMILES string of the molecule is CC(C)(C)c1ccc2c(c1)c1cc(C(C)(C)C)cc3c1n2-c1cc(N2c4ccccc4C4(c5ccccc5-c5cc6c(cc54)C4(c5ccccc5-6)c5ccccc5N(c5ccccc5)c5ccccc54)c4ccccc42)cc2c1B3c1cc(C(C)(C)C)cc3c4cc(C(C)(C)C)ccc4n-2c13. The molecule has 0 fully saturated rings. The maximum absolute atomic E-state index is 2.71. The molecule has 0 amide bonds. The molecule has 0 N–H and O–H groups in total. The average Bonchev–Trinajstić information content (AvgIpc) is 1.53. The monoisotopic (exact) mass is 1300 g/mol. The van der Waals surface area contributed by atoms with Gasteiger partial charge in [-0.3, -0.25) is 0 Å². The fourth-order valence-electron chi connectivity index (χ4n) is 19.8. The largest absolute Gasteiger partial charge is 0.310 e. The Kier molecular flexibility index (Phi) is 11.4. The van der Waals surface area contributed by atoms with Crippen LogP contribution < -0.4 is 26.2 Å². The zero-order valence-corrected chi connectivity index (χ0v) is 59.7. The Morgan fingerprint density at radius 1 is 0.257 bits per heavy atom. The Morgan fingerprint density at radius 2 is 0.604 bits per heavy atom. The van der Waals surface area contributed by atoms with Crippen molar-refractivity contribution in [3.05, 3.63) is 328 Å². The van der Waals surface area contributed by atoms with E-state index in [9.17, 15) is 0 Å². The molecule has 0 saturated carbocycles. The third kappa shape index (κ3) is 7.46. The summed E-state index contributed by atoms with van der Waals surface area (Å²) in [5.41, 5.74) is 38.0. The molecule has 486 valence electrons. The molecule has 6 aliphatic rings. The van der Waals surface area contributed by atoms with Crippen LogP contribution in [0.3, 0.4) is 0 Å². The van der Waals surface area contributed by atoms with Crippen molar-refractivity contribution >= 4 is 101 Å². The lowest BCUT2D eigenvalue weighted by atomic mass is 9.34. The highest BCUT2D eigenvalue weighted by molar-refractivity contribution is 7.00. The van der Waals surface area contributed by atoms with Gasteiger partial charge in [-0.1, -0.05) is 253 Å². The highest BCUT2D eigenvalue weighted by Crippen LogP contribution is 2.69. The smallest absolute Gasteiger partial charge is 0.252 e. The van der Waals surface area contributed by atoms with Gasteiger partial charge in [-0.2, -0.15) is 0 Å². The topological polar surface area (TPSA) is 16.3 Å². The predicted octanol–water partition coefficient (Wildman–Crippen LogP) is 22.5. The number of hydrogen-bond acceptors (Lipinski definition) is 2. The van der Waals surface area contributed by atoms with Gasteiger partial charge < -0.3 is 18.9 Å². The van der Waals surface area contributed by atoms with Crippen molar-refractivity contribution in [3.63, 3.8) is 0 Å². The fourth-order valence-corrected chi connectivity index (χ4v) is 19.8. The maximum atomic E-state index is 2.71. The highest BCUT2D eigenvalue weighted by atomic mass is 15.2. The van der Waals surface area contributed by atoms with Crippen LogP contribution in [0.25, 0.3) is 77.2 Å². The van der Waals surface area contributed by atoms with E-state index in [0.29, 0.717) is 0 Å². The first-order valence-corrected chi connectivity index (χ1v) is 36.5. The van der Waals surface area contributed by atoms with E-state index < -0.39 is 10.8 Å². The first-order chi connectivity index (χ1) is 48.6. The lowest BCUT2D eigenvalue weighted by molar-refractivity contribution is 0.590. The Hall–Kier alpha value is -10.9. The molecule has 13 aromatic carbocycles. The number of hydrogen-bond donors (Lipinski definition) is 0. The highest BCUT2D eigenvalue weighted by Gasteiger charge is 2.57. The van der Waals surface area contributed by atoms with Crippen molar-refractivity contribution in [2.45, 2.75) is 116 Å². The lowest BCUT2D eigenvalue weighted by Crippen LogP contribution is -2.59. The summed E-state index contributed by atoms with van der Waals surface area (Å²) in [7, 11) is 0. The summed E-state index contributed by atoms with van der Waals surface area (Å²) in [4.78, 5) is 5.16. The minimum absolute atomic E-state index is 0.0517. The summed E-state index contributed by atoms with van der Waals surface area (Å²) in [6.07, 6.45) is 0. The molecule has 2 spiro atoms. The van der Waals surface area contributed by atoms with Crippen LogP contribution >= 0.6 is 0 Å². The summed E-state index contributed by atoms with van der Waals surface area (Å²) in [5.74, 6) is 0. The number of benzene rings is 13. The molecule has 4 aliphatic heterocycles. The molecule has 4 nitrogen and oxygen atoms in total. The standard InChI is InChI=1S/C96H79BN4/c1-91(2,3)56-42-44-80-66(46-56)68-48-58(93(7,8)9)50-78-89(68)100(80)86-52-61(53-87-88(86)97(78)79-51-59(94(10,11)12)49-69-67-47-57(92(4,5)6)43-45-81(67)101(87)90(69)79)99-84-40-26-22-36-74(84)96(75-37-23-27-41-85(75)99)71-33-19-17-31-63(71)65-54-64-62-30-16-18-32-70(62)95(76(64)55-77(65)96)72-34-20-24-38-82(72)98(60-28-14-13-15-29-60)83-39-25-21-35-73(83)95/h13-55H,1-12H3. The van der Waals surface area contributed by atoms with Crippen LogP contribution in [0.5, 0.6) is 0 Å².